The highest BCUT2D eigenvalue weighted by Crippen LogP contribution is 2.49. The highest BCUT2D eigenvalue weighted by molar-refractivity contribution is 7.21. The third-order valence-electron chi connectivity index (χ3n) is 7.94. The van der Waals surface area contributed by atoms with Crippen molar-refractivity contribution in [2.45, 2.75) is 42.9 Å². The molecule has 11 heteroatoms. The molecule has 1 saturated carbocycles. The lowest BCUT2D eigenvalue weighted by Gasteiger charge is -2.35. The van der Waals surface area contributed by atoms with Gasteiger partial charge in [0.2, 0.25) is 5.91 Å². The van der Waals surface area contributed by atoms with Gasteiger partial charge in [0.1, 0.15) is 17.0 Å². The number of pyridine rings is 1. The molecule has 2 aliphatic rings. The number of carbonyl (C=O) groups excluding carboxylic acids is 3. The Morgan fingerprint density at radius 1 is 1.05 bits per heavy atom. The number of ketones is 1. The zero-order valence-electron chi connectivity index (χ0n) is 22.6. The van der Waals surface area contributed by atoms with Crippen molar-refractivity contribution in [2.75, 3.05) is 5.73 Å². The predicted octanol–water partition coefficient (Wildman–Crippen LogP) is 3.41. The Hall–Kier alpha value is -4.58. The van der Waals surface area contributed by atoms with Crippen molar-refractivity contribution in [2.24, 2.45) is 11.5 Å². The Kier molecular flexibility index (Phi) is 7.01. The molecule has 2 aromatic carbocycles. The van der Waals surface area contributed by atoms with E-state index in [1.807, 2.05) is 30.3 Å². The fraction of sp³-hybridized carbons (Fsp3) is 0.226. The molecule has 2 amide bonds. The molecule has 4 aromatic rings. The molecular formula is C31H30N6O4S. The summed E-state index contributed by atoms with van der Waals surface area (Å²) in [5.41, 5.74) is 19.8. The van der Waals surface area contributed by atoms with Crippen LogP contribution in [0.2, 0.25) is 0 Å². The van der Waals surface area contributed by atoms with E-state index in [9.17, 15) is 14.4 Å². The molecule has 0 radical (unpaired) electrons. The molecular weight excluding hydrogens is 552 g/mol. The van der Waals surface area contributed by atoms with E-state index in [0.717, 1.165) is 6.42 Å². The number of aromatic nitrogens is 1. The van der Waals surface area contributed by atoms with Crippen molar-refractivity contribution < 1.29 is 19.1 Å². The molecule has 2 heterocycles. The Labute approximate surface area is 245 Å². The van der Waals surface area contributed by atoms with Gasteiger partial charge in [-0.2, -0.15) is 0 Å². The number of hydrogen-bond donors (Lipinski definition) is 5. The second-order valence-electron chi connectivity index (χ2n) is 10.6. The maximum Gasteiger partial charge on any atom is 0.261 e. The van der Waals surface area contributed by atoms with Gasteiger partial charge >= 0.3 is 0 Å². The predicted molar refractivity (Wildman–Crippen MR) is 161 cm³/mol. The van der Waals surface area contributed by atoms with Crippen LogP contribution in [0, 0.1) is 0 Å². The number of nitrogens with zero attached hydrogens (tertiary/aromatic N) is 1. The monoisotopic (exact) mass is 582 g/mol. The minimum absolute atomic E-state index is 0.0533. The molecule has 0 saturated heterocycles. The number of ether oxygens (including phenoxy) is 1. The molecule has 10 nitrogen and oxygen atoms in total. The van der Waals surface area contributed by atoms with Gasteiger partial charge in [-0.05, 0) is 61.2 Å². The second kappa shape index (κ2) is 10.7. The first kappa shape index (κ1) is 27.6. The second-order valence-corrected chi connectivity index (χ2v) is 11.6. The van der Waals surface area contributed by atoms with Gasteiger partial charge in [-0.25, -0.2) is 0 Å². The highest BCUT2D eigenvalue weighted by atomic mass is 32.1. The first-order chi connectivity index (χ1) is 20.2. The number of para-hydroxylation sites is 1. The quantitative estimate of drug-likeness (QED) is 0.163. The summed E-state index contributed by atoms with van der Waals surface area (Å²) in [6.07, 6.45) is 4.77. The number of anilines is 1. The van der Waals surface area contributed by atoms with Gasteiger partial charge in [-0.3, -0.25) is 19.4 Å². The van der Waals surface area contributed by atoms with Crippen LogP contribution in [0.15, 0.2) is 73.4 Å². The standard InChI is InChI=1S/C31H30N6O4S/c1-2-23(38)36-16-8-9-17(14-16)37-30(40)28-25-24-20(11-12-21(32)27(24)42-28)31(34,29(39)26(25)33)22-13-10-19(15-35-22)41-18-6-4-3-5-7-18/h2-7,10-13,15-17,26H,1,8-9,14,32-34H2,(H,36,38)(H,37,40). The van der Waals surface area contributed by atoms with Crippen molar-refractivity contribution in [3.05, 3.63) is 95.1 Å². The van der Waals surface area contributed by atoms with Crippen molar-refractivity contribution in [1.82, 2.24) is 15.6 Å². The van der Waals surface area contributed by atoms with Crippen LogP contribution in [-0.4, -0.2) is 34.7 Å². The minimum Gasteiger partial charge on any atom is -0.456 e. The molecule has 6 rings (SSSR count). The van der Waals surface area contributed by atoms with E-state index in [1.54, 1.807) is 24.3 Å². The fourth-order valence-corrected chi connectivity index (χ4v) is 7.07. The molecule has 2 aromatic heterocycles. The number of Topliss-reactive ketones (excluding diaryl/α,β-unsaturated/α-hetero) is 1. The SMILES string of the molecule is C=CC(=O)NC1CCC(NC(=O)c2sc3c(N)ccc4c3c2C(N)C(=O)C4(N)c2ccc(Oc3ccccc3)cn2)C1. The number of rotatable bonds is 7. The minimum atomic E-state index is -1.67. The Morgan fingerprint density at radius 3 is 2.48 bits per heavy atom. The Balaban J connectivity index is 1.34. The van der Waals surface area contributed by atoms with Crippen LogP contribution in [0.25, 0.3) is 10.1 Å². The van der Waals surface area contributed by atoms with E-state index in [0.29, 0.717) is 61.8 Å². The lowest BCUT2D eigenvalue weighted by molar-refractivity contribution is -0.124. The molecule has 1 fully saturated rings. The summed E-state index contributed by atoms with van der Waals surface area (Å²) in [7, 11) is 0. The summed E-state index contributed by atoms with van der Waals surface area (Å²) in [6, 6.07) is 14.6. The van der Waals surface area contributed by atoms with Gasteiger partial charge in [0.15, 0.2) is 5.78 Å². The van der Waals surface area contributed by atoms with Gasteiger partial charge in [-0.1, -0.05) is 30.8 Å². The lowest BCUT2D eigenvalue weighted by atomic mass is 9.72. The number of thiophene rings is 1. The van der Waals surface area contributed by atoms with Crippen LogP contribution in [0.5, 0.6) is 11.5 Å². The van der Waals surface area contributed by atoms with E-state index >= 15 is 0 Å². The van der Waals surface area contributed by atoms with Crippen LogP contribution in [-0.2, 0) is 15.1 Å². The smallest absolute Gasteiger partial charge is 0.261 e. The van der Waals surface area contributed by atoms with Crippen molar-refractivity contribution >= 4 is 44.7 Å². The molecule has 4 atom stereocenters. The van der Waals surface area contributed by atoms with E-state index in [2.05, 4.69) is 22.2 Å². The summed E-state index contributed by atoms with van der Waals surface area (Å²) in [4.78, 5) is 44.1. The number of carbonyl (C=O) groups is 3. The van der Waals surface area contributed by atoms with Crippen molar-refractivity contribution in [3.8, 4) is 11.5 Å². The highest BCUT2D eigenvalue weighted by Gasteiger charge is 2.49. The first-order valence-corrected chi connectivity index (χ1v) is 14.4. The van der Waals surface area contributed by atoms with Gasteiger partial charge in [0.05, 0.1) is 27.5 Å². The third kappa shape index (κ3) is 4.61. The van der Waals surface area contributed by atoms with Crippen LogP contribution >= 0.6 is 11.3 Å². The molecule has 2 aliphatic carbocycles. The number of nitrogen functional groups attached to an aromatic ring is 1. The molecule has 42 heavy (non-hydrogen) atoms. The fourth-order valence-electron chi connectivity index (χ4n) is 5.87. The van der Waals surface area contributed by atoms with E-state index < -0.39 is 17.4 Å². The number of hydrogen-bond acceptors (Lipinski definition) is 9. The summed E-state index contributed by atoms with van der Waals surface area (Å²) in [5, 5.41) is 6.54. The zero-order chi connectivity index (χ0) is 29.6. The van der Waals surface area contributed by atoms with Gasteiger partial charge in [-0.15, -0.1) is 11.3 Å². The molecule has 0 aliphatic heterocycles. The number of benzene rings is 2. The first-order valence-electron chi connectivity index (χ1n) is 13.6. The van der Waals surface area contributed by atoms with Gasteiger partial charge in [0, 0.05) is 28.7 Å². The number of amides is 2. The Bertz CT molecular complexity index is 1720. The van der Waals surface area contributed by atoms with E-state index in [4.69, 9.17) is 21.9 Å². The summed E-state index contributed by atoms with van der Waals surface area (Å²) in [6.45, 7) is 3.48. The zero-order valence-corrected chi connectivity index (χ0v) is 23.4. The van der Waals surface area contributed by atoms with E-state index in [-0.39, 0.29) is 23.9 Å². The Morgan fingerprint density at radius 2 is 1.79 bits per heavy atom. The van der Waals surface area contributed by atoms with Gasteiger partial charge in [0.25, 0.3) is 5.91 Å². The molecule has 8 N–H and O–H groups in total. The summed E-state index contributed by atoms with van der Waals surface area (Å²) in [5.74, 6) is 0.0636. The van der Waals surface area contributed by atoms with Crippen molar-refractivity contribution in [1.29, 1.82) is 0 Å². The average molecular weight is 583 g/mol. The van der Waals surface area contributed by atoms with Crippen molar-refractivity contribution in [3.63, 3.8) is 0 Å². The molecule has 214 valence electrons. The molecule has 0 bridgehead atoms. The molecule has 4 unspecified atom stereocenters. The molecule has 0 spiro atoms. The maximum absolute atomic E-state index is 14.0. The topological polar surface area (TPSA) is 175 Å². The van der Waals surface area contributed by atoms with Crippen LogP contribution in [0.4, 0.5) is 5.69 Å². The summed E-state index contributed by atoms with van der Waals surface area (Å²) < 4.78 is 6.49. The van der Waals surface area contributed by atoms with Crippen LogP contribution < -0.4 is 32.6 Å². The van der Waals surface area contributed by atoms with Crippen LogP contribution in [0.1, 0.15) is 51.8 Å². The third-order valence-corrected chi connectivity index (χ3v) is 9.19. The average Bonchev–Trinajstić information content (AvgIpc) is 3.61. The largest absolute Gasteiger partial charge is 0.456 e. The number of nitrogens with two attached hydrogens (primary N) is 3. The van der Waals surface area contributed by atoms with E-state index in [1.165, 1.54) is 23.6 Å². The number of nitrogens with one attached hydrogen (secondary N) is 2. The van der Waals surface area contributed by atoms with Crippen LogP contribution in [0.3, 0.4) is 0 Å². The maximum atomic E-state index is 14.0. The lowest BCUT2D eigenvalue weighted by Crippen LogP contribution is -2.53. The van der Waals surface area contributed by atoms with Gasteiger partial charge < -0.3 is 32.6 Å². The normalized spacial score (nSPS) is 23.0. The summed E-state index contributed by atoms with van der Waals surface area (Å²) >= 11 is 1.19.